The maximum absolute atomic E-state index is 16.2. The molecule has 14 rings (SSSR count). The molecule has 7 aliphatic heterocycles. The van der Waals surface area contributed by atoms with Gasteiger partial charge in [-0.15, -0.1) is 0 Å². The van der Waals surface area contributed by atoms with Gasteiger partial charge in [-0.2, -0.15) is 22.5 Å². The van der Waals surface area contributed by atoms with E-state index in [0.717, 1.165) is 102 Å². The van der Waals surface area contributed by atoms with E-state index < -0.39 is 283 Å². The Kier molecular flexibility index (Phi) is 28.3. The monoisotopic (exact) mass is 1800 g/mol. The van der Waals surface area contributed by atoms with Crippen molar-refractivity contribution >= 4 is 82.2 Å². The van der Waals surface area contributed by atoms with E-state index >= 15 is 14.4 Å². The summed E-state index contributed by atoms with van der Waals surface area (Å²) in [6.45, 7) is 5.18. The van der Waals surface area contributed by atoms with Gasteiger partial charge in [0.15, 0.2) is 29.9 Å². The number of aromatic nitrogens is 2. The number of aliphatic carboxylic acids is 1. The van der Waals surface area contributed by atoms with Gasteiger partial charge in [0, 0.05) is 59.6 Å². The number of halogens is 6. The van der Waals surface area contributed by atoms with Gasteiger partial charge in [-0.1, -0.05) is 55.2 Å². The number of aliphatic hydroxyl groups excluding tert-OH is 6. The summed E-state index contributed by atoms with van der Waals surface area (Å²) in [5.41, 5.74) is 0.0341. The molecular weight excluding hydrogens is 1720 g/mol. The Morgan fingerprint density at radius 3 is 1.96 bits per heavy atom. The molecule has 0 aliphatic carbocycles. The molecule has 7 aromatic rings. The van der Waals surface area contributed by atoms with Gasteiger partial charge in [0.1, 0.15) is 101 Å². The minimum atomic E-state index is -4.82. The summed E-state index contributed by atoms with van der Waals surface area (Å²) < 4.78 is 96.7. The van der Waals surface area contributed by atoms with Crippen molar-refractivity contribution in [1.29, 1.82) is 0 Å². The molecule has 3 unspecified atom stereocenters. The maximum atomic E-state index is 16.2. The molecule has 8 amide bonds. The predicted molar refractivity (Wildman–Crippen MR) is 428 cm³/mol. The number of amides is 8. The molecule has 126 heavy (non-hydrogen) atoms. The number of hydrogen-bond acceptors (Lipinski definition) is 29. The first kappa shape index (κ1) is 93.1. The Morgan fingerprint density at radius 1 is 0.730 bits per heavy atom. The molecule has 2 saturated heterocycles. The van der Waals surface area contributed by atoms with Crippen LogP contribution in [0.5, 0.6) is 51.7 Å². The topological polar surface area (TPSA) is 590 Å². The number of phenolic OH excluding ortho intramolecular Hbond substituents is 3. The Labute approximate surface area is 720 Å². The number of carboxylic acids is 1. The van der Waals surface area contributed by atoms with Crippen LogP contribution in [0.15, 0.2) is 120 Å². The Bertz CT molecular complexity index is 5420. The molecule has 39 nitrogen and oxygen atoms in total. The van der Waals surface area contributed by atoms with E-state index in [-0.39, 0.29) is 54.4 Å². The van der Waals surface area contributed by atoms with E-state index in [1.165, 1.54) is 39.2 Å². The Morgan fingerprint density at radius 2 is 1.36 bits per heavy atom. The van der Waals surface area contributed by atoms with Crippen LogP contribution >= 0.6 is 23.2 Å². The number of primary amides is 1. The van der Waals surface area contributed by atoms with E-state index in [0.29, 0.717) is 0 Å². The second-order valence-electron chi connectivity index (χ2n) is 30.8. The minimum Gasteiger partial charge on any atom is -0.508 e. The number of nitrogens with zero attached hydrogens (tertiary/aromatic N) is 2. The van der Waals surface area contributed by atoms with Gasteiger partial charge in [-0.05, 0) is 140 Å². The fourth-order valence-electron chi connectivity index (χ4n) is 14.8. The summed E-state index contributed by atoms with van der Waals surface area (Å²) in [6, 6.07) is 3.32. The number of carboxylic acid groups (broad SMARTS) is 1. The molecule has 11 bridgehead atoms. The zero-order chi connectivity index (χ0) is 91.6. The lowest BCUT2D eigenvalue weighted by Gasteiger charge is -2.48. The zero-order valence-electron chi connectivity index (χ0n) is 66.8. The number of hydrogen-bond donors (Lipinski definition) is 20. The van der Waals surface area contributed by atoms with E-state index in [1.807, 2.05) is 0 Å². The van der Waals surface area contributed by atoms with Crippen molar-refractivity contribution < 1.29 is 145 Å². The first-order valence-electron chi connectivity index (χ1n) is 38.8. The molecule has 21 N–H and O–H groups in total. The summed E-state index contributed by atoms with van der Waals surface area (Å²) in [4.78, 5) is 148. The SMILES string of the molecule is CN[C@H](CC(C)C)C(=O)N[C@H]1C(=O)N[C@@H](CC(N)=O)C(=O)NC2C(=O)NC3C(=O)N[C@H](C(=O)N[C@@H](C(=O)O)c4cc(O)cc(O)c4-c4cc3ccc4O)[C@H](O)c3ccc(c(Cl)c3)Oc3cc2cc(c3OC2O[C@H](CO)[C@@H](O)[C@H](O)[C@H]2O[C@H]2C[C@](C)(NCCn3ccc(NC(=O)c4ccc(OC(F)(F)C(F)F)cc4)nc3=O)[C@H](O)[C@H](C)O2)Oc2ccc(cc2Cl)[C@H]1O. The highest BCUT2D eigenvalue weighted by Gasteiger charge is 2.53. The highest BCUT2D eigenvalue weighted by molar-refractivity contribution is 6.32. The lowest BCUT2D eigenvalue weighted by atomic mass is 9.85. The summed E-state index contributed by atoms with van der Waals surface area (Å²) >= 11 is 14.3. The molecule has 2 fully saturated rings. The third-order valence-corrected chi connectivity index (χ3v) is 21.9. The van der Waals surface area contributed by atoms with Crippen LogP contribution in [0.1, 0.15) is 115 Å². The van der Waals surface area contributed by atoms with Gasteiger partial charge in [0.25, 0.3) is 5.91 Å². The molecule has 45 heteroatoms. The van der Waals surface area contributed by atoms with E-state index in [2.05, 4.69) is 57.6 Å². The smallest absolute Gasteiger partial charge is 0.461 e. The number of carbonyl (C=O) groups excluding carboxylic acids is 8. The molecule has 6 aromatic carbocycles. The fourth-order valence-corrected chi connectivity index (χ4v) is 15.3. The van der Waals surface area contributed by atoms with Crippen LogP contribution < -0.4 is 78.2 Å². The predicted octanol–water partition coefficient (Wildman–Crippen LogP) is 2.48. The molecule has 18 atom stereocenters. The van der Waals surface area contributed by atoms with Crippen molar-refractivity contribution in [3.63, 3.8) is 0 Å². The second-order valence-corrected chi connectivity index (χ2v) is 31.6. The first-order valence-corrected chi connectivity index (χ1v) is 39.6. The lowest BCUT2D eigenvalue weighted by molar-refractivity contribution is -0.334. The largest absolute Gasteiger partial charge is 0.508 e. The summed E-state index contributed by atoms with van der Waals surface area (Å²) in [6.07, 6.45) is -27.9. The van der Waals surface area contributed by atoms with Gasteiger partial charge < -0.3 is 138 Å². The summed E-state index contributed by atoms with van der Waals surface area (Å²) in [7, 11) is 1.45. The normalized spacial score (nSPS) is 26.0. The quantitative estimate of drug-likeness (QED) is 0.0433. The number of likely N-dealkylation sites (N-methyl/N-ethyl adjacent to an activating group) is 1. The zero-order valence-corrected chi connectivity index (χ0v) is 68.3. The number of anilines is 1. The Hall–Kier alpha value is -12.1. The fraction of sp³-hybridized carbons (Fsp3) is 0.395. The molecule has 0 radical (unpaired) electrons. The van der Waals surface area contributed by atoms with Crippen molar-refractivity contribution in [2.75, 3.05) is 25.5 Å². The Balaban J connectivity index is 0.971. The maximum Gasteiger partial charge on any atom is 0.461 e. The third-order valence-electron chi connectivity index (χ3n) is 21.4. The van der Waals surface area contributed by atoms with Crippen molar-refractivity contribution in [1.82, 2.24) is 52.1 Å². The molecular formula is C81H86Cl2F4N12O27. The number of nitrogens with one attached hydrogen (secondary N) is 9. The number of alkyl halides is 4. The highest BCUT2D eigenvalue weighted by Crippen LogP contribution is 2.50. The molecule has 8 heterocycles. The molecule has 0 saturated carbocycles. The van der Waals surface area contributed by atoms with E-state index in [9.17, 15) is 102 Å². The number of fused-ring (bicyclic) bond motifs is 15. The van der Waals surface area contributed by atoms with Crippen molar-refractivity contribution in [2.24, 2.45) is 11.7 Å². The van der Waals surface area contributed by atoms with Crippen molar-refractivity contribution in [2.45, 2.75) is 175 Å². The number of aliphatic hydroxyl groups is 6. The van der Waals surface area contributed by atoms with Crippen LogP contribution in [-0.2, 0) is 59.1 Å². The number of benzene rings is 6. The number of phenols is 3. The molecule has 7 aliphatic rings. The van der Waals surface area contributed by atoms with Crippen LogP contribution in [-0.4, -0.2) is 225 Å². The van der Waals surface area contributed by atoms with Crippen LogP contribution in [0.2, 0.25) is 10.0 Å². The van der Waals surface area contributed by atoms with Crippen LogP contribution in [0, 0.1) is 5.92 Å². The van der Waals surface area contributed by atoms with Crippen LogP contribution in [0.25, 0.3) is 11.1 Å². The second kappa shape index (κ2) is 38.4. The van der Waals surface area contributed by atoms with Gasteiger partial charge in [-0.3, -0.25) is 42.9 Å². The average molecular weight is 1810 g/mol. The first-order chi connectivity index (χ1) is 59.5. The van der Waals surface area contributed by atoms with Crippen LogP contribution in [0.4, 0.5) is 23.4 Å². The summed E-state index contributed by atoms with van der Waals surface area (Å²) in [5, 5.41) is 138. The summed E-state index contributed by atoms with van der Waals surface area (Å²) in [5.74, 6) is -18.7. The number of nitrogens with two attached hydrogens (primary N) is 1. The van der Waals surface area contributed by atoms with Crippen molar-refractivity contribution in [3.8, 4) is 62.9 Å². The highest BCUT2D eigenvalue weighted by atomic mass is 35.5. The molecule has 0 spiro atoms. The number of carbonyl (C=O) groups is 9. The van der Waals surface area contributed by atoms with Gasteiger partial charge >= 0.3 is 24.2 Å². The molecule has 674 valence electrons. The van der Waals surface area contributed by atoms with Gasteiger partial charge in [0.05, 0.1) is 41.3 Å². The standard InChI is InChI=1S/C81H86Cl2F4N12O27/c1-31(2)20-44(89-5)70(111)97-60-62(105)35-9-14-48(42(82)22-35)121-50-24-37-25-51(66(50)125-77-67(65(108)64(107)52(30-100)123-77)124-55-29-80(4,68(109)32(3)120-55)90-17-19-99-18-16-54(93-79(99)119)92-69(110)33-6-11-39(12-7-33)126-81(86,87)78(84)85)122-49-15-10-36(23-43(49)83)63(106)61-75(116)96-59(76(117)118)41-26-38(101)27-47(103)56(41)40-21-34(8-13-46(40)102)57(72(113)98-61)95-73(114)58(37)94-71(112)45(28-53(88)104)91-74(60)115/h6-16,18,21-27,31-32,44-45,52,55,57-65,67-68,77-78,89-90,100-103,105-109H,17,19-20,28-30H2,1-5H3,(H2,88,104)(H,91,115)(H,94,112)(H,95,114)(H,96,116)(H,97,111)(H,98,113)(H,117,118)(H,92,93,110,119)/t32-,44+,45-,52+,55-,57?,58?,59+,60+,61-,62+,63+,64+,65-,67+,68+,77?,80-/m0/s1. The molecule has 1 aromatic heterocycles. The van der Waals surface area contributed by atoms with Crippen LogP contribution in [0.3, 0.4) is 0 Å². The minimum absolute atomic E-state index is 0.138. The van der Waals surface area contributed by atoms with Gasteiger partial charge in [0.2, 0.25) is 53.4 Å². The number of ether oxygens (including phenoxy) is 7. The van der Waals surface area contributed by atoms with E-state index in [4.69, 9.17) is 57.4 Å². The lowest BCUT2D eigenvalue weighted by Crippen LogP contribution is -2.65. The van der Waals surface area contributed by atoms with Gasteiger partial charge in [-0.25, -0.2) is 9.59 Å². The van der Waals surface area contributed by atoms with E-state index in [1.54, 1.807) is 13.8 Å². The number of rotatable bonds is 22. The third kappa shape index (κ3) is 20.5. The van der Waals surface area contributed by atoms with Crippen molar-refractivity contribution in [3.05, 3.63) is 169 Å². The average Bonchev–Trinajstić information content (AvgIpc) is 0.768. The number of aromatic hydroxyl groups is 3.